The summed E-state index contributed by atoms with van der Waals surface area (Å²) in [4.78, 5) is 78.8. The van der Waals surface area contributed by atoms with E-state index in [1.54, 1.807) is 15.9 Å². The highest BCUT2D eigenvalue weighted by Crippen LogP contribution is 2.23. The monoisotopic (exact) mass is 637 g/mol. The number of carbonyl (C=O) groups is 5. The van der Waals surface area contributed by atoms with E-state index in [9.17, 15) is 29.1 Å². The van der Waals surface area contributed by atoms with E-state index in [1.807, 2.05) is 35.2 Å². The van der Waals surface area contributed by atoms with Gasteiger partial charge >= 0.3 is 12.1 Å². The smallest absolute Gasteiger partial charge is 0.409 e. The molecular formula is C32H43N7O7. The van der Waals surface area contributed by atoms with Crippen molar-refractivity contribution in [3.05, 3.63) is 42.2 Å². The van der Waals surface area contributed by atoms with Gasteiger partial charge in [0, 0.05) is 77.3 Å². The maximum atomic E-state index is 13.6. The number of aromatic nitrogens is 2. The molecule has 2 aliphatic heterocycles. The van der Waals surface area contributed by atoms with Crippen LogP contribution in [0.1, 0.15) is 56.6 Å². The van der Waals surface area contributed by atoms with Crippen molar-refractivity contribution in [1.29, 1.82) is 0 Å². The Kier molecular flexibility index (Phi) is 12.3. The lowest BCUT2D eigenvalue weighted by molar-refractivity contribution is -0.138. The Morgan fingerprint density at radius 2 is 1.54 bits per heavy atom. The molecule has 14 heteroatoms. The highest BCUT2D eigenvalue weighted by Gasteiger charge is 2.32. The largest absolute Gasteiger partial charge is 0.481 e. The predicted molar refractivity (Wildman–Crippen MR) is 169 cm³/mol. The summed E-state index contributed by atoms with van der Waals surface area (Å²) in [5, 5.41) is 12.0. The van der Waals surface area contributed by atoms with Gasteiger partial charge in [0.1, 0.15) is 11.9 Å². The van der Waals surface area contributed by atoms with E-state index in [2.05, 4.69) is 22.2 Å². The van der Waals surface area contributed by atoms with Crippen LogP contribution in [-0.4, -0.2) is 125 Å². The normalized spacial score (nSPS) is 15.7. The maximum Gasteiger partial charge on any atom is 0.409 e. The molecule has 2 aromatic rings. The van der Waals surface area contributed by atoms with E-state index in [0.717, 1.165) is 24.8 Å². The Balaban J connectivity index is 1.48. The number of unbranched alkanes of at least 4 members (excludes halogenated alkanes) is 2. The van der Waals surface area contributed by atoms with E-state index >= 15 is 0 Å². The number of benzene rings is 1. The Morgan fingerprint density at radius 3 is 2.17 bits per heavy atom. The van der Waals surface area contributed by atoms with Gasteiger partial charge in [0.15, 0.2) is 0 Å². The number of nitrogens with one attached hydrogen (secondary N) is 1. The number of amides is 4. The second-order valence-corrected chi connectivity index (χ2v) is 11.4. The van der Waals surface area contributed by atoms with E-state index in [4.69, 9.17) is 4.74 Å². The van der Waals surface area contributed by atoms with Gasteiger partial charge in [-0.05, 0) is 12.8 Å². The van der Waals surface area contributed by atoms with Gasteiger partial charge < -0.3 is 34.8 Å². The van der Waals surface area contributed by atoms with E-state index in [1.165, 1.54) is 11.8 Å². The summed E-state index contributed by atoms with van der Waals surface area (Å²) >= 11 is 0. The number of ether oxygens (including phenoxy) is 1. The zero-order chi connectivity index (χ0) is 33.1. The average molecular weight is 638 g/mol. The highest BCUT2D eigenvalue weighted by atomic mass is 16.6. The van der Waals surface area contributed by atoms with Crippen molar-refractivity contribution in [2.45, 2.75) is 52.0 Å². The van der Waals surface area contributed by atoms with Crippen LogP contribution < -0.4 is 10.2 Å². The molecule has 0 bridgehead atoms. The number of hydrogen-bond donors (Lipinski definition) is 2. The molecule has 0 spiro atoms. The van der Waals surface area contributed by atoms with Crippen molar-refractivity contribution >= 4 is 35.6 Å². The molecule has 3 heterocycles. The second kappa shape index (κ2) is 16.5. The van der Waals surface area contributed by atoms with Crippen LogP contribution in [0.2, 0.25) is 0 Å². The molecule has 1 atom stereocenters. The molecule has 0 radical (unpaired) electrons. The van der Waals surface area contributed by atoms with Crippen molar-refractivity contribution in [2.75, 3.05) is 63.9 Å². The van der Waals surface area contributed by atoms with E-state index in [-0.39, 0.29) is 50.8 Å². The van der Waals surface area contributed by atoms with Crippen molar-refractivity contribution in [3.8, 4) is 11.3 Å². The van der Waals surface area contributed by atoms with Crippen molar-refractivity contribution in [1.82, 2.24) is 30.0 Å². The maximum absolute atomic E-state index is 13.6. The number of carboxylic acids is 1. The molecule has 2 aliphatic rings. The summed E-state index contributed by atoms with van der Waals surface area (Å²) in [6.07, 6.45) is 1.90. The zero-order valence-electron chi connectivity index (χ0n) is 26.5. The van der Waals surface area contributed by atoms with Crippen molar-refractivity contribution < 1.29 is 33.8 Å². The van der Waals surface area contributed by atoms with E-state index in [0.29, 0.717) is 44.3 Å². The minimum absolute atomic E-state index is 0.00629. The molecule has 0 aliphatic carbocycles. The van der Waals surface area contributed by atoms with Crippen LogP contribution in [0.15, 0.2) is 36.4 Å². The Bertz CT molecular complexity index is 1370. The lowest BCUT2D eigenvalue weighted by atomic mass is 10.1. The number of hydrogen-bond acceptors (Lipinski definition) is 9. The molecule has 2 N–H and O–H groups in total. The number of rotatable bonds is 12. The van der Waals surface area contributed by atoms with Crippen LogP contribution in [-0.2, 0) is 19.1 Å². The summed E-state index contributed by atoms with van der Waals surface area (Å²) in [6.45, 7) is 6.97. The molecule has 1 aromatic carbocycles. The van der Waals surface area contributed by atoms with Gasteiger partial charge in [-0.1, -0.05) is 50.1 Å². The van der Waals surface area contributed by atoms with Crippen molar-refractivity contribution in [3.63, 3.8) is 0 Å². The SMILES string of the molecule is CCCCCOC(=O)N1CCN(C(=O)[C@H](CCC(=O)O)NC(=O)c2nc(-c3ccccc3)cc(N3CCN(C(C)=O)CC3)n2)CC1. The van der Waals surface area contributed by atoms with Crippen LogP contribution in [0.25, 0.3) is 11.3 Å². The Labute approximate surface area is 268 Å². The summed E-state index contributed by atoms with van der Waals surface area (Å²) in [7, 11) is 0. The highest BCUT2D eigenvalue weighted by molar-refractivity contribution is 5.95. The third-order valence-electron chi connectivity index (χ3n) is 8.11. The lowest BCUT2D eigenvalue weighted by Gasteiger charge is -2.36. The van der Waals surface area contributed by atoms with Crippen LogP contribution >= 0.6 is 0 Å². The molecule has 2 saturated heterocycles. The molecule has 0 saturated carbocycles. The molecule has 248 valence electrons. The summed E-state index contributed by atoms with van der Waals surface area (Å²) < 4.78 is 5.33. The van der Waals surface area contributed by atoms with Crippen LogP contribution in [0.5, 0.6) is 0 Å². The van der Waals surface area contributed by atoms with Gasteiger partial charge in [0.25, 0.3) is 5.91 Å². The quantitative estimate of drug-likeness (QED) is 0.330. The fourth-order valence-corrected chi connectivity index (χ4v) is 5.39. The average Bonchev–Trinajstić information content (AvgIpc) is 3.08. The molecular weight excluding hydrogens is 594 g/mol. The third kappa shape index (κ3) is 9.38. The van der Waals surface area contributed by atoms with Gasteiger partial charge in [-0.3, -0.25) is 19.2 Å². The predicted octanol–water partition coefficient (Wildman–Crippen LogP) is 2.25. The summed E-state index contributed by atoms with van der Waals surface area (Å²) in [5.41, 5.74) is 1.28. The minimum Gasteiger partial charge on any atom is -0.481 e. The first kappa shape index (κ1) is 34.1. The zero-order valence-corrected chi connectivity index (χ0v) is 26.5. The molecule has 4 rings (SSSR count). The fraction of sp³-hybridized carbons (Fsp3) is 0.531. The first-order valence-corrected chi connectivity index (χ1v) is 15.8. The number of anilines is 1. The molecule has 0 unspecified atom stereocenters. The molecule has 14 nitrogen and oxygen atoms in total. The third-order valence-corrected chi connectivity index (χ3v) is 8.11. The van der Waals surface area contributed by atoms with Crippen LogP contribution in [0.3, 0.4) is 0 Å². The molecule has 2 fully saturated rings. The van der Waals surface area contributed by atoms with E-state index < -0.39 is 29.9 Å². The molecule has 1 aromatic heterocycles. The minimum atomic E-state index is -1.14. The van der Waals surface area contributed by atoms with Gasteiger partial charge in [-0.2, -0.15) is 0 Å². The standard InChI is InChI=1S/C32H43N7O7/c1-3-4-8-21-46-32(45)39-19-17-38(18-20-39)31(44)25(11-12-28(41)42)34-30(43)29-33-26(24-9-6-5-7-10-24)22-27(35-29)37-15-13-36(14-16-37)23(2)40/h5-7,9-10,22,25H,3-4,8,11-21H2,1-2H3,(H,34,43)(H,41,42)/t25-/m0/s1. The fourth-order valence-electron chi connectivity index (χ4n) is 5.39. The van der Waals surface area contributed by atoms with Crippen LogP contribution in [0, 0.1) is 0 Å². The van der Waals surface area contributed by atoms with Gasteiger partial charge in [0.2, 0.25) is 17.6 Å². The summed E-state index contributed by atoms with van der Waals surface area (Å²) in [5.74, 6) is -1.91. The number of nitrogens with zero attached hydrogens (tertiary/aromatic N) is 6. The first-order chi connectivity index (χ1) is 22.2. The number of carbonyl (C=O) groups excluding carboxylic acids is 4. The number of piperazine rings is 2. The first-order valence-electron chi connectivity index (χ1n) is 15.8. The topological polar surface area (TPSA) is 166 Å². The van der Waals surface area contributed by atoms with Gasteiger partial charge in [0.05, 0.1) is 12.3 Å². The number of aliphatic carboxylic acids is 1. The molecule has 4 amide bonds. The molecule has 46 heavy (non-hydrogen) atoms. The Hall–Kier alpha value is -4.75. The Morgan fingerprint density at radius 1 is 0.891 bits per heavy atom. The lowest BCUT2D eigenvalue weighted by Crippen LogP contribution is -2.56. The van der Waals surface area contributed by atoms with Crippen LogP contribution in [0.4, 0.5) is 10.6 Å². The summed E-state index contributed by atoms with van der Waals surface area (Å²) in [6, 6.07) is 9.96. The van der Waals surface area contributed by atoms with Gasteiger partial charge in [-0.25, -0.2) is 14.8 Å². The second-order valence-electron chi connectivity index (χ2n) is 11.4. The van der Waals surface area contributed by atoms with Gasteiger partial charge in [-0.15, -0.1) is 0 Å². The van der Waals surface area contributed by atoms with Crippen molar-refractivity contribution in [2.24, 2.45) is 0 Å². The number of carboxylic acid groups (broad SMARTS) is 1.